The van der Waals surface area contributed by atoms with Crippen LogP contribution in [0.25, 0.3) is 0 Å². The summed E-state index contributed by atoms with van der Waals surface area (Å²) in [5.74, 6) is 3.77. The minimum Gasteiger partial charge on any atom is -0.353 e. The first-order chi connectivity index (χ1) is 20.1. The van der Waals surface area contributed by atoms with E-state index in [0.717, 1.165) is 69.9 Å². The molecule has 2 aliphatic heterocycles. The number of nitrogens with one attached hydrogen (secondary N) is 4. The van der Waals surface area contributed by atoms with Gasteiger partial charge in [0.05, 0.1) is 0 Å². The highest BCUT2D eigenvalue weighted by Crippen LogP contribution is 2.34. The van der Waals surface area contributed by atoms with Crippen LogP contribution < -0.4 is 26.2 Å². The Morgan fingerprint density at radius 1 is 0.721 bits per heavy atom. The Kier molecular flexibility index (Phi) is 13.0. The lowest BCUT2D eigenvalue weighted by Gasteiger charge is -2.38. The van der Waals surface area contributed by atoms with Crippen LogP contribution in [0, 0.1) is 22.7 Å². The van der Waals surface area contributed by atoms with E-state index in [1.54, 1.807) is 0 Å². The zero-order valence-electron chi connectivity index (χ0n) is 29.8. The lowest BCUT2D eigenvalue weighted by atomic mass is 9.78. The Morgan fingerprint density at radius 3 is 1.51 bits per heavy atom. The maximum absolute atomic E-state index is 4.94. The number of hydrogen-bond donors (Lipinski definition) is 4. The Labute approximate surface area is 265 Å². The fourth-order valence-corrected chi connectivity index (χ4v) is 7.03. The number of rotatable bonds is 17. The zero-order valence-corrected chi connectivity index (χ0v) is 29.8. The minimum absolute atomic E-state index is 0.160. The van der Waals surface area contributed by atoms with Crippen LogP contribution in [0.4, 0.5) is 17.8 Å². The average molecular weight is 601 g/mol. The summed E-state index contributed by atoms with van der Waals surface area (Å²) in [6, 6.07) is 0. The third-order valence-corrected chi connectivity index (χ3v) is 9.71. The molecule has 0 saturated carbocycles. The van der Waals surface area contributed by atoms with E-state index in [4.69, 9.17) is 15.0 Å². The van der Waals surface area contributed by atoms with Crippen LogP contribution in [0.2, 0.25) is 0 Å². The first-order valence-electron chi connectivity index (χ1n) is 17.6. The largest absolute Gasteiger partial charge is 0.353 e. The van der Waals surface area contributed by atoms with Gasteiger partial charge in [0.25, 0.3) is 0 Å². The first kappa shape index (κ1) is 35.8. The van der Waals surface area contributed by atoms with Crippen LogP contribution in [0.5, 0.6) is 0 Å². The summed E-state index contributed by atoms with van der Waals surface area (Å²) in [5.41, 5.74) is 0.843. The molecule has 3 rings (SSSR count). The van der Waals surface area contributed by atoms with Gasteiger partial charge in [-0.1, -0.05) is 41.5 Å². The zero-order chi connectivity index (χ0) is 31.7. The van der Waals surface area contributed by atoms with E-state index < -0.39 is 0 Å². The van der Waals surface area contributed by atoms with E-state index in [1.807, 2.05) is 0 Å². The van der Waals surface area contributed by atoms with Gasteiger partial charge in [0.15, 0.2) is 0 Å². The van der Waals surface area contributed by atoms with E-state index in [-0.39, 0.29) is 21.9 Å². The number of nitrogens with zero attached hydrogens (tertiary/aromatic N) is 4. The van der Waals surface area contributed by atoms with Gasteiger partial charge in [-0.25, -0.2) is 0 Å². The molecule has 0 radical (unpaired) electrons. The SMILES string of the molecule is CCCN(CCC)c1nc(NCC(C)(C)CCC2CCNC(C)(C)C2)nc(NCC(C)(C)CCC2CCNC(C)(C)C2)n1. The lowest BCUT2D eigenvalue weighted by Crippen LogP contribution is -2.46. The van der Waals surface area contributed by atoms with Gasteiger partial charge in [0, 0.05) is 37.3 Å². The second-order valence-electron chi connectivity index (χ2n) is 16.7. The molecule has 0 spiro atoms. The molecule has 248 valence electrons. The van der Waals surface area contributed by atoms with Crippen molar-refractivity contribution >= 4 is 17.8 Å². The number of anilines is 3. The summed E-state index contributed by atoms with van der Waals surface area (Å²) in [6.07, 6.45) is 12.2. The fraction of sp³-hybridized carbons (Fsp3) is 0.914. The maximum atomic E-state index is 4.94. The maximum Gasteiger partial charge on any atom is 0.231 e. The van der Waals surface area contributed by atoms with Crippen LogP contribution in [-0.4, -0.2) is 65.3 Å². The van der Waals surface area contributed by atoms with Crippen molar-refractivity contribution in [2.24, 2.45) is 22.7 Å². The molecular weight excluding hydrogens is 532 g/mol. The standard InChI is InChI=1S/C35H68N8/c1-11-21-43(22-12-2)31-41-29(36-25-32(3,4)17-13-27-15-19-38-34(7,8)23-27)40-30(42-31)37-26-33(5,6)18-14-28-16-20-39-35(9,10)24-28/h27-28,38-39H,11-26H2,1-10H3,(H2,36,37,40,41,42). The van der Waals surface area contributed by atoms with Crippen molar-refractivity contribution in [1.29, 1.82) is 0 Å². The molecule has 0 aliphatic carbocycles. The fourth-order valence-electron chi connectivity index (χ4n) is 7.03. The lowest BCUT2D eigenvalue weighted by molar-refractivity contribution is 0.199. The van der Waals surface area contributed by atoms with Crippen molar-refractivity contribution in [3.63, 3.8) is 0 Å². The highest BCUT2D eigenvalue weighted by atomic mass is 15.3. The molecule has 1 aromatic rings. The molecule has 2 saturated heterocycles. The van der Waals surface area contributed by atoms with Gasteiger partial charge in [-0.3, -0.25) is 0 Å². The Bertz CT molecular complexity index is 900. The van der Waals surface area contributed by atoms with Crippen molar-refractivity contribution < 1.29 is 0 Å². The molecule has 2 aliphatic rings. The predicted octanol–water partition coefficient (Wildman–Crippen LogP) is 7.49. The van der Waals surface area contributed by atoms with Crippen molar-refractivity contribution in [1.82, 2.24) is 25.6 Å². The minimum atomic E-state index is 0.160. The molecule has 2 atom stereocenters. The molecule has 8 heteroatoms. The van der Waals surface area contributed by atoms with E-state index >= 15 is 0 Å². The van der Waals surface area contributed by atoms with Crippen molar-refractivity contribution in [2.45, 2.75) is 145 Å². The molecule has 2 unspecified atom stereocenters. The topological polar surface area (TPSA) is 90.0 Å². The monoisotopic (exact) mass is 601 g/mol. The highest BCUT2D eigenvalue weighted by Gasteiger charge is 2.30. The van der Waals surface area contributed by atoms with Crippen molar-refractivity contribution in [3.05, 3.63) is 0 Å². The van der Waals surface area contributed by atoms with Gasteiger partial charge in [0.1, 0.15) is 0 Å². The summed E-state index contributed by atoms with van der Waals surface area (Å²) >= 11 is 0. The Balaban J connectivity index is 1.64. The average Bonchev–Trinajstić information content (AvgIpc) is 2.92. The van der Waals surface area contributed by atoms with Crippen molar-refractivity contribution in [3.8, 4) is 0 Å². The second kappa shape index (κ2) is 15.6. The van der Waals surface area contributed by atoms with Gasteiger partial charge in [-0.05, 0) is 128 Å². The van der Waals surface area contributed by atoms with Gasteiger partial charge < -0.3 is 26.2 Å². The quantitative estimate of drug-likeness (QED) is 0.146. The van der Waals surface area contributed by atoms with E-state index in [0.29, 0.717) is 11.9 Å². The number of piperidine rings is 2. The normalized spacial score (nSPS) is 22.3. The van der Waals surface area contributed by atoms with Crippen LogP contribution in [0.3, 0.4) is 0 Å². The summed E-state index contributed by atoms with van der Waals surface area (Å²) in [7, 11) is 0. The van der Waals surface area contributed by atoms with Crippen LogP contribution in [-0.2, 0) is 0 Å². The molecule has 3 heterocycles. The van der Waals surface area contributed by atoms with Gasteiger partial charge in [-0.2, -0.15) is 15.0 Å². The van der Waals surface area contributed by atoms with E-state index in [1.165, 1.54) is 51.4 Å². The van der Waals surface area contributed by atoms with Crippen LogP contribution in [0.1, 0.15) is 133 Å². The Morgan fingerprint density at radius 2 is 1.14 bits per heavy atom. The molecule has 0 bridgehead atoms. The number of hydrogen-bond acceptors (Lipinski definition) is 8. The third kappa shape index (κ3) is 12.7. The second-order valence-corrected chi connectivity index (χ2v) is 16.7. The van der Waals surface area contributed by atoms with Crippen LogP contribution >= 0.6 is 0 Å². The third-order valence-electron chi connectivity index (χ3n) is 9.71. The molecule has 2 fully saturated rings. The summed E-state index contributed by atoms with van der Waals surface area (Å²) < 4.78 is 0. The van der Waals surface area contributed by atoms with E-state index in [2.05, 4.69) is 95.4 Å². The van der Waals surface area contributed by atoms with Crippen LogP contribution in [0.15, 0.2) is 0 Å². The smallest absolute Gasteiger partial charge is 0.231 e. The highest BCUT2D eigenvalue weighted by molar-refractivity contribution is 5.44. The molecular formula is C35H68N8. The predicted molar refractivity (Wildman–Crippen MR) is 185 cm³/mol. The molecule has 1 aromatic heterocycles. The summed E-state index contributed by atoms with van der Waals surface area (Å²) in [5, 5.41) is 14.6. The van der Waals surface area contributed by atoms with E-state index in [9.17, 15) is 0 Å². The molecule has 8 nitrogen and oxygen atoms in total. The van der Waals surface area contributed by atoms with Gasteiger partial charge >= 0.3 is 0 Å². The summed E-state index contributed by atoms with van der Waals surface area (Å²) in [4.78, 5) is 17.1. The molecule has 0 amide bonds. The Hall–Kier alpha value is -1.67. The van der Waals surface area contributed by atoms with Crippen molar-refractivity contribution in [2.75, 3.05) is 54.8 Å². The first-order valence-corrected chi connectivity index (χ1v) is 17.6. The van der Waals surface area contributed by atoms with Gasteiger partial charge in [0.2, 0.25) is 17.8 Å². The van der Waals surface area contributed by atoms with Gasteiger partial charge in [-0.15, -0.1) is 0 Å². The molecule has 4 N–H and O–H groups in total. The molecule has 43 heavy (non-hydrogen) atoms. The molecule has 0 aromatic carbocycles. The summed E-state index contributed by atoms with van der Waals surface area (Å²) in [6.45, 7) is 29.2. The number of aromatic nitrogens is 3.